The summed E-state index contributed by atoms with van der Waals surface area (Å²) in [6, 6.07) is 2.64. The van der Waals surface area contributed by atoms with Gasteiger partial charge in [0, 0.05) is 12.0 Å². The maximum Gasteiger partial charge on any atom is 0.137 e. The van der Waals surface area contributed by atoms with Crippen LogP contribution < -0.4 is 4.74 Å². The number of aldehydes is 1. The van der Waals surface area contributed by atoms with Crippen molar-refractivity contribution in [1.29, 1.82) is 0 Å². The minimum absolute atomic E-state index is 0.0165. The number of ether oxygens (including phenoxy) is 1. The molecule has 0 unspecified atom stereocenters. The Balaban J connectivity index is 3.13. The van der Waals surface area contributed by atoms with E-state index in [1.165, 1.54) is 12.1 Å². The van der Waals surface area contributed by atoms with Crippen LogP contribution in [0.4, 0.5) is 4.39 Å². The van der Waals surface area contributed by atoms with Crippen LogP contribution in [0.2, 0.25) is 0 Å². The van der Waals surface area contributed by atoms with Crippen LogP contribution in [0.3, 0.4) is 0 Å². The highest BCUT2D eigenvalue weighted by molar-refractivity contribution is 9.10. The van der Waals surface area contributed by atoms with E-state index in [0.717, 1.165) is 6.29 Å². The fourth-order valence-corrected chi connectivity index (χ4v) is 1.79. The fraction of sp³-hybridized carbons (Fsp3) is 0.364. The zero-order valence-corrected chi connectivity index (χ0v) is 10.2. The molecule has 0 radical (unpaired) electrons. The SMILES string of the molecule is CC(C)Oc1c(Br)cc(F)cc1CC=O. The van der Waals surface area contributed by atoms with Gasteiger partial charge in [-0.05, 0) is 41.9 Å². The molecule has 0 amide bonds. The maximum atomic E-state index is 13.1. The highest BCUT2D eigenvalue weighted by Gasteiger charge is 2.11. The Morgan fingerprint density at radius 3 is 2.73 bits per heavy atom. The normalized spacial score (nSPS) is 10.5. The molecule has 0 aliphatic heterocycles. The van der Waals surface area contributed by atoms with Gasteiger partial charge in [0.25, 0.3) is 0 Å². The summed E-state index contributed by atoms with van der Waals surface area (Å²) in [4.78, 5) is 10.4. The molecular formula is C11H12BrFO2. The Morgan fingerprint density at radius 1 is 1.53 bits per heavy atom. The van der Waals surface area contributed by atoms with Gasteiger partial charge in [-0.3, -0.25) is 0 Å². The lowest BCUT2D eigenvalue weighted by Crippen LogP contribution is -2.08. The van der Waals surface area contributed by atoms with Crippen molar-refractivity contribution in [1.82, 2.24) is 0 Å². The average molecular weight is 275 g/mol. The summed E-state index contributed by atoms with van der Waals surface area (Å²) in [6.45, 7) is 3.75. The van der Waals surface area contributed by atoms with Crippen molar-refractivity contribution < 1.29 is 13.9 Å². The molecule has 1 aromatic carbocycles. The van der Waals surface area contributed by atoms with Crippen LogP contribution in [-0.4, -0.2) is 12.4 Å². The first-order valence-corrected chi connectivity index (χ1v) is 5.42. The number of rotatable bonds is 4. The van der Waals surface area contributed by atoms with Crippen LogP contribution in [0.15, 0.2) is 16.6 Å². The molecule has 4 heteroatoms. The summed E-state index contributed by atoms with van der Waals surface area (Å²) in [6.07, 6.45) is 0.865. The standard InChI is InChI=1S/C11H12BrFO2/c1-7(2)15-11-8(3-4-14)5-9(13)6-10(11)12/h4-7H,3H2,1-2H3. The van der Waals surface area contributed by atoms with Crippen LogP contribution in [-0.2, 0) is 11.2 Å². The third-order valence-electron chi connectivity index (χ3n) is 1.74. The molecule has 0 bridgehead atoms. The second-order valence-corrected chi connectivity index (χ2v) is 4.27. The van der Waals surface area contributed by atoms with Gasteiger partial charge in [-0.15, -0.1) is 0 Å². The average Bonchev–Trinajstić information content (AvgIpc) is 2.11. The third kappa shape index (κ3) is 3.30. The first kappa shape index (κ1) is 12.2. The molecule has 0 atom stereocenters. The Kier molecular flexibility index (Phi) is 4.27. The molecule has 0 fully saturated rings. The fourth-order valence-electron chi connectivity index (χ4n) is 1.22. The van der Waals surface area contributed by atoms with E-state index in [9.17, 15) is 9.18 Å². The summed E-state index contributed by atoms with van der Waals surface area (Å²) in [5.41, 5.74) is 0.561. The molecule has 0 aromatic heterocycles. The quantitative estimate of drug-likeness (QED) is 0.789. The largest absolute Gasteiger partial charge is 0.490 e. The van der Waals surface area contributed by atoms with Crippen molar-refractivity contribution in [3.05, 3.63) is 28.0 Å². The molecule has 0 aliphatic rings. The van der Waals surface area contributed by atoms with Crippen molar-refractivity contribution >= 4 is 22.2 Å². The highest BCUT2D eigenvalue weighted by Crippen LogP contribution is 2.31. The number of halogens is 2. The minimum Gasteiger partial charge on any atom is -0.490 e. The van der Waals surface area contributed by atoms with Gasteiger partial charge in [0.2, 0.25) is 0 Å². The molecule has 0 aliphatic carbocycles. The molecule has 82 valence electrons. The smallest absolute Gasteiger partial charge is 0.137 e. The van der Waals surface area contributed by atoms with Crippen LogP contribution in [0.1, 0.15) is 19.4 Å². The van der Waals surface area contributed by atoms with Gasteiger partial charge in [-0.2, -0.15) is 0 Å². The molecule has 0 saturated carbocycles. The molecule has 2 nitrogen and oxygen atoms in total. The lowest BCUT2D eigenvalue weighted by Gasteiger charge is -2.15. The van der Waals surface area contributed by atoms with Crippen molar-refractivity contribution in [2.75, 3.05) is 0 Å². The van der Waals surface area contributed by atoms with Gasteiger partial charge >= 0.3 is 0 Å². The third-order valence-corrected chi connectivity index (χ3v) is 2.33. The maximum absolute atomic E-state index is 13.1. The summed E-state index contributed by atoms with van der Waals surface area (Å²) in [5.74, 6) is 0.160. The first-order chi connectivity index (χ1) is 7.04. The zero-order valence-electron chi connectivity index (χ0n) is 8.59. The molecule has 0 spiro atoms. The van der Waals surface area contributed by atoms with Gasteiger partial charge in [-0.1, -0.05) is 0 Å². The summed E-state index contributed by atoms with van der Waals surface area (Å²) in [7, 11) is 0. The highest BCUT2D eigenvalue weighted by atomic mass is 79.9. The summed E-state index contributed by atoms with van der Waals surface area (Å²) >= 11 is 3.22. The van der Waals surface area contributed by atoms with Crippen LogP contribution in [0.5, 0.6) is 5.75 Å². The van der Waals surface area contributed by atoms with Crippen LogP contribution >= 0.6 is 15.9 Å². The van der Waals surface area contributed by atoms with E-state index in [2.05, 4.69) is 15.9 Å². The van der Waals surface area contributed by atoms with Gasteiger partial charge in [0.1, 0.15) is 17.9 Å². The van der Waals surface area contributed by atoms with E-state index < -0.39 is 0 Å². The predicted molar refractivity (Wildman–Crippen MR) is 59.6 cm³/mol. The van der Waals surface area contributed by atoms with Gasteiger partial charge < -0.3 is 9.53 Å². The van der Waals surface area contributed by atoms with Gasteiger partial charge in [0.05, 0.1) is 10.6 Å². The van der Waals surface area contributed by atoms with E-state index >= 15 is 0 Å². The molecule has 15 heavy (non-hydrogen) atoms. The van der Waals surface area contributed by atoms with E-state index in [-0.39, 0.29) is 18.3 Å². The molecule has 0 saturated heterocycles. The van der Waals surface area contributed by atoms with Gasteiger partial charge in [0.15, 0.2) is 0 Å². The second-order valence-electron chi connectivity index (χ2n) is 3.41. The molecule has 0 heterocycles. The number of hydrogen-bond donors (Lipinski definition) is 0. The van der Waals surface area contributed by atoms with Gasteiger partial charge in [-0.25, -0.2) is 4.39 Å². The van der Waals surface area contributed by atoms with Crippen molar-refractivity contribution in [2.24, 2.45) is 0 Å². The van der Waals surface area contributed by atoms with E-state index in [1.54, 1.807) is 0 Å². The minimum atomic E-state index is -0.380. The lowest BCUT2D eigenvalue weighted by molar-refractivity contribution is -0.107. The Bertz CT molecular complexity index is 364. The zero-order chi connectivity index (χ0) is 11.4. The topological polar surface area (TPSA) is 26.3 Å². The number of benzene rings is 1. The van der Waals surface area contributed by atoms with E-state index in [4.69, 9.17) is 4.74 Å². The summed E-state index contributed by atoms with van der Waals surface area (Å²) in [5, 5.41) is 0. The van der Waals surface area contributed by atoms with E-state index in [1.807, 2.05) is 13.8 Å². The number of carbonyl (C=O) groups is 1. The Morgan fingerprint density at radius 2 is 2.20 bits per heavy atom. The first-order valence-electron chi connectivity index (χ1n) is 4.62. The number of hydrogen-bond acceptors (Lipinski definition) is 2. The molecule has 1 aromatic rings. The number of carbonyl (C=O) groups excluding carboxylic acids is 1. The second kappa shape index (κ2) is 5.26. The predicted octanol–water partition coefficient (Wildman–Crippen LogP) is 3.12. The Labute approximate surface area is 96.6 Å². The van der Waals surface area contributed by atoms with Crippen LogP contribution in [0, 0.1) is 5.82 Å². The molecular weight excluding hydrogens is 263 g/mol. The van der Waals surface area contributed by atoms with Crippen molar-refractivity contribution in [3.63, 3.8) is 0 Å². The van der Waals surface area contributed by atoms with E-state index in [0.29, 0.717) is 15.8 Å². The lowest BCUT2D eigenvalue weighted by atomic mass is 10.1. The van der Waals surface area contributed by atoms with Crippen molar-refractivity contribution in [3.8, 4) is 5.75 Å². The van der Waals surface area contributed by atoms with Crippen molar-refractivity contribution in [2.45, 2.75) is 26.4 Å². The summed E-state index contributed by atoms with van der Waals surface area (Å²) < 4.78 is 19.1. The molecule has 1 rings (SSSR count). The Hall–Kier alpha value is -0.900. The monoisotopic (exact) mass is 274 g/mol. The molecule has 0 N–H and O–H groups in total. The van der Waals surface area contributed by atoms with Crippen LogP contribution in [0.25, 0.3) is 0 Å².